The minimum absolute atomic E-state index is 0.267. The molecule has 1 fully saturated rings. The molecule has 0 amide bonds. The lowest BCUT2D eigenvalue weighted by Gasteiger charge is -2.26. The summed E-state index contributed by atoms with van der Waals surface area (Å²) in [5.74, 6) is 0.971. The Bertz CT molecular complexity index is 546. The second kappa shape index (κ2) is 5.41. The summed E-state index contributed by atoms with van der Waals surface area (Å²) in [4.78, 5) is 0.267. The van der Waals surface area contributed by atoms with Crippen LogP contribution in [-0.4, -0.2) is 20.8 Å². The molecule has 0 saturated heterocycles. The first-order valence-corrected chi connectivity index (χ1v) is 8.17. The Labute approximate surface area is 114 Å². The zero-order chi connectivity index (χ0) is 14.0. The Morgan fingerprint density at radius 3 is 2.42 bits per heavy atom. The van der Waals surface area contributed by atoms with Gasteiger partial charge in [0, 0.05) is 11.8 Å². The van der Waals surface area contributed by atoms with Gasteiger partial charge in [0.05, 0.1) is 12.4 Å². The fourth-order valence-corrected chi connectivity index (χ4v) is 4.57. The van der Waals surface area contributed by atoms with Crippen LogP contribution in [0.25, 0.3) is 0 Å². The van der Waals surface area contributed by atoms with Gasteiger partial charge in [0.25, 0.3) is 0 Å². The van der Waals surface area contributed by atoms with Crippen molar-refractivity contribution in [2.45, 2.75) is 42.8 Å². The molecule has 106 valence electrons. The molecule has 0 spiro atoms. The van der Waals surface area contributed by atoms with E-state index in [1.54, 1.807) is 18.2 Å². The standard InChI is InChI=1S/C14H21NO3S/c1-10-3-6-12(7-4-10)19(16,17)14-8-5-11(15)9-13(14)18-2/h5,8-10,12H,3-4,6-7,15H2,1-2H3. The average Bonchev–Trinajstić information content (AvgIpc) is 2.38. The number of methoxy groups -OCH3 is 1. The number of hydrogen-bond donors (Lipinski definition) is 1. The van der Waals surface area contributed by atoms with Gasteiger partial charge in [-0.15, -0.1) is 0 Å². The second-order valence-electron chi connectivity index (χ2n) is 5.34. The van der Waals surface area contributed by atoms with Crippen LogP contribution < -0.4 is 10.5 Å². The molecule has 5 heteroatoms. The molecular formula is C14H21NO3S. The first kappa shape index (κ1) is 14.2. The zero-order valence-electron chi connectivity index (χ0n) is 11.4. The van der Waals surface area contributed by atoms with E-state index in [4.69, 9.17) is 10.5 Å². The fourth-order valence-electron chi connectivity index (χ4n) is 2.64. The maximum atomic E-state index is 12.7. The van der Waals surface area contributed by atoms with Crippen molar-refractivity contribution in [3.63, 3.8) is 0 Å². The highest BCUT2D eigenvalue weighted by atomic mass is 32.2. The van der Waals surface area contributed by atoms with Crippen molar-refractivity contribution in [1.29, 1.82) is 0 Å². The normalized spacial score (nSPS) is 24.1. The summed E-state index contributed by atoms with van der Waals surface area (Å²) in [5.41, 5.74) is 6.18. The number of rotatable bonds is 3. The van der Waals surface area contributed by atoms with E-state index in [-0.39, 0.29) is 10.1 Å². The molecule has 0 radical (unpaired) electrons. The quantitative estimate of drug-likeness (QED) is 0.866. The Kier molecular flexibility index (Phi) is 4.04. The van der Waals surface area contributed by atoms with Crippen molar-refractivity contribution < 1.29 is 13.2 Å². The van der Waals surface area contributed by atoms with Gasteiger partial charge in [-0.05, 0) is 43.7 Å². The van der Waals surface area contributed by atoms with Gasteiger partial charge in [-0.3, -0.25) is 0 Å². The molecule has 19 heavy (non-hydrogen) atoms. The monoisotopic (exact) mass is 283 g/mol. The molecule has 0 bridgehead atoms. The summed E-state index contributed by atoms with van der Waals surface area (Å²) >= 11 is 0. The first-order valence-electron chi connectivity index (χ1n) is 6.62. The molecule has 0 unspecified atom stereocenters. The van der Waals surface area contributed by atoms with Crippen molar-refractivity contribution >= 4 is 15.5 Å². The van der Waals surface area contributed by atoms with Gasteiger partial charge in [0.15, 0.2) is 9.84 Å². The van der Waals surface area contributed by atoms with Crippen LogP contribution in [0.4, 0.5) is 5.69 Å². The number of sulfone groups is 1. The predicted molar refractivity (Wildman–Crippen MR) is 76.0 cm³/mol. The summed E-state index contributed by atoms with van der Waals surface area (Å²) in [5, 5.41) is -0.291. The van der Waals surface area contributed by atoms with Crippen molar-refractivity contribution in [1.82, 2.24) is 0 Å². The van der Waals surface area contributed by atoms with Crippen LogP contribution in [0.1, 0.15) is 32.6 Å². The highest BCUT2D eigenvalue weighted by Crippen LogP contribution is 2.35. The molecule has 2 N–H and O–H groups in total. The summed E-state index contributed by atoms with van der Waals surface area (Å²) in [6, 6.07) is 4.74. The molecule has 0 aromatic heterocycles. The Morgan fingerprint density at radius 2 is 1.84 bits per heavy atom. The average molecular weight is 283 g/mol. The van der Waals surface area contributed by atoms with Crippen molar-refractivity contribution in [2.24, 2.45) is 5.92 Å². The van der Waals surface area contributed by atoms with Gasteiger partial charge in [-0.1, -0.05) is 6.92 Å². The minimum Gasteiger partial charge on any atom is -0.495 e. The summed E-state index contributed by atoms with van der Waals surface area (Å²) in [6.07, 6.45) is 3.41. The third kappa shape index (κ3) is 2.86. The zero-order valence-corrected chi connectivity index (χ0v) is 12.2. The third-order valence-electron chi connectivity index (χ3n) is 3.90. The maximum absolute atomic E-state index is 12.7. The number of benzene rings is 1. The number of ether oxygens (including phenoxy) is 1. The van der Waals surface area contributed by atoms with Crippen LogP contribution in [0.15, 0.2) is 23.1 Å². The van der Waals surface area contributed by atoms with E-state index in [9.17, 15) is 8.42 Å². The molecule has 0 heterocycles. The first-order chi connectivity index (χ1) is 8.95. The molecule has 2 rings (SSSR count). The number of hydrogen-bond acceptors (Lipinski definition) is 4. The van der Waals surface area contributed by atoms with E-state index >= 15 is 0 Å². The lowest BCUT2D eigenvalue weighted by Crippen LogP contribution is -2.26. The molecule has 0 atom stereocenters. The van der Waals surface area contributed by atoms with Gasteiger partial charge in [0.1, 0.15) is 10.6 Å². The largest absolute Gasteiger partial charge is 0.495 e. The van der Waals surface area contributed by atoms with Crippen LogP contribution in [0.3, 0.4) is 0 Å². The molecule has 1 aromatic rings. The van der Waals surface area contributed by atoms with Crippen LogP contribution in [-0.2, 0) is 9.84 Å². The molecule has 1 aliphatic carbocycles. The Balaban J connectivity index is 2.34. The number of nitrogens with two attached hydrogens (primary N) is 1. The molecule has 1 saturated carbocycles. The second-order valence-corrected chi connectivity index (χ2v) is 7.53. The SMILES string of the molecule is COc1cc(N)ccc1S(=O)(=O)C1CCC(C)CC1. The van der Waals surface area contributed by atoms with Crippen LogP contribution in [0, 0.1) is 5.92 Å². The Hall–Kier alpha value is -1.23. The molecule has 0 aliphatic heterocycles. The van der Waals surface area contributed by atoms with Crippen molar-refractivity contribution in [3.05, 3.63) is 18.2 Å². The van der Waals surface area contributed by atoms with Crippen molar-refractivity contribution in [3.8, 4) is 5.75 Å². The number of anilines is 1. The highest BCUT2D eigenvalue weighted by molar-refractivity contribution is 7.92. The topological polar surface area (TPSA) is 69.4 Å². The van der Waals surface area contributed by atoms with E-state index in [0.717, 1.165) is 25.7 Å². The summed E-state index contributed by atoms with van der Waals surface area (Å²) < 4.78 is 30.5. The lowest BCUT2D eigenvalue weighted by atomic mass is 9.91. The van der Waals surface area contributed by atoms with Gasteiger partial charge in [0.2, 0.25) is 0 Å². The smallest absolute Gasteiger partial charge is 0.184 e. The van der Waals surface area contributed by atoms with Gasteiger partial charge in [-0.25, -0.2) is 8.42 Å². The van der Waals surface area contributed by atoms with Crippen LogP contribution in [0.5, 0.6) is 5.75 Å². The third-order valence-corrected chi connectivity index (χ3v) is 6.20. The maximum Gasteiger partial charge on any atom is 0.184 e. The minimum atomic E-state index is -3.33. The van der Waals surface area contributed by atoms with E-state index in [2.05, 4.69) is 6.92 Å². The van der Waals surface area contributed by atoms with E-state index in [1.807, 2.05) is 0 Å². The summed E-state index contributed by atoms with van der Waals surface area (Å²) in [7, 11) is -1.86. The lowest BCUT2D eigenvalue weighted by molar-refractivity contribution is 0.379. The van der Waals surface area contributed by atoms with Gasteiger partial charge >= 0.3 is 0 Å². The molecule has 4 nitrogen and oxygen atoms in total. The number of nitrogen functional groups attached to an aromatic ring is 1. The van der Waals surface area contributed by atoms with E-state index < -0.39 is 9.84 Å². The van der Waals surface area contributed by atoms with Gasteiger partial charge < -0.3 is 10.5 Å². The summed E-state index contributed by atoms with van der Waals surface area (Å²) in [6.45, 7) is 2.17. The highest BCUT2D eigenvalue weighted by Gasteiger charge is 2.32. The van der Waals surface area contributed by atoms with Crippen LogP contribution in [0.2, 0.25) is 0 Å². The Morgan fingerprint density at radius 1 is 1.21 bits per heavy atom. The van der Waals surface area contributed by atoms with Crippen LogP contribution >= 0.6 is 0 Å². The van der Waals surface area contributed by atoms with E-state index in [1.165, 1.54) is 7.11 Å². The molecule has 1 aliphatic rings. The molecular weight excluding hydrogens is 262 g/mol. The van der Waals surface area contributed by atoms with Gasteiger partial charge in [-0.2, -0.15) is 0 Å². The molecule has 1 aromatic carbocycles. The van der Waals surface area contributed by atoms with Crippen molar-refractivity contribution in [2.75, 3.05) is 12.8 Å². The van der Waals surface area contributed by atoms with E-state index in [0.29, 0.717) is 17.4 Å². The fraction of sp³-hybridized carbons (Fsp3) is 0.571. The predicted octanol–water partition coefficient (Wildman–Crippen LogP) is 2.63.